The van der Waals surface area contributed by atoms with Crippen LogP contribution < -0.4 is 4.72 Å². The van der Waals surface area contributed by atoms with Crippen LogP contribution in [0.5, 0.6) is 0 Å². The molecule has 28 heavy (non-hydrogen) atoms. The summed E-state index contributed by atoms with van der Waals surface area (Å²) in [6, 6.07) is 8.18. The summed E-state index contributed by atoms with van der Waals surface area (Å²) >= 11 is 0. The van der Waals surface area contributed by atoms with Gasteiger partial charge in [0.1, 0.15) is 5.76 Å². The number of hydrogen-bond donors (Lipinski definition) is 2. The van der Waals surface area contributed by atoms with Gasteiger partial charge in [-0.2, -0.15) is 4.72 Å². The normalized spacial score (nSPS) is 13.3. The number of diazo groups is 1. The molecule has 0 radical (unpaired) electrons. The number of benzene rings is 1. The highest BCUT2D eigenvalue weighted by Crippen LogP contribution is 2.25. The minimum atomic E-state index is -3.96. The Hall–Kier alpha value is -3.16. The summed E-state index contributed by atoms with van der Waals surface area (Å²) in [5, 5.41) is 19.2. The Balaban J connectivity index is 2.35. The lowest BCUT2D eigenvalue weighted by atomic mass is 10.1. The van der Waals surface area contributed by atoms with Gasteiger partial charge in [0, 0.05) is 6.42 Å². The van der Waals surface area contributed by atoms with Gasteiger partial charge in [-0.15, -0.1) is 0 Å². The second-order valence-corrected chi connectivity index (χ2v) is 7.54. The number of carbonyl (C=O) groups excluding carboxylic acids is 1. The number of furan rings is 1. The van der Waals surface area contributed by atoms with E-state index >= 15 is 0 Å². The molecule has 2 aromatic rings. The van der Waals surface area contributed by atoms with Crippen molar-refractivity contribution < 1.29 is 27.5 Å². The molecule has 1 unspecified atom stereocenters. The Kier molecular flexibility index (Phi) is 6.92. The average molecular weight is 406 g/mol. The van der Waals surface area contributed by atoms with Crippen molar-refractivity contribution in [1.82, 2.24) is 4.72 Å². The molecule has 0 spiro atoms. The summed E-state index contributed by atoms with van der Waals surface area (Å²) in [6.45, 7) is 3.38. The zero-order valence-electron chi connectivity index (χ0n) is 15.3. The number of aliphatic hydroxyl groups is 1. The van der Waals surface area contributed by atoms with Crippen LogP contribution in [0.1, 0.15) is 30.7 Å². The van der Waals surface area contributed by atoms with Crippen LogP contribution in [0.2, 0.25) is 0 Å². The number of hydrogen-bond acceptors (Lipinski definition) is 7. The van der Waals surface area contributed by atoms with Crippen molar-refractivity contribution in [2.75, 3.05) is 6.61 Å². The van der Waals surface area contributed by atoms with Crippen LogP contribution >= 0.6 is 0 Å². The summed E-state index contributed by atoms with van der Waals surface area (Å²) < 4.78 is 37.7. The quantitative estimate of drug-likeness (QED) is 0.297. The van der Waals surface area contributed by atoms with Crippen LogP contribution in [-0.2, 0) is 19.6 Å². The maximum atomic E-state index is 12.7. The Morgan fingerprint density at radius 1 is 1.32 bits per heavy atom. The van der Waals surface area contributed by atoms with Crippen LogP contribution in [0.3, 0.4) is 0 Å². The molecule has 1 heterocycles. The van der Waals surface area contributed by atoms with E-state index in [9.17, 15) is 18.3 Å². The molecule has 2 N–H and O–H groups in total. The molecule has 0 aliphatic carbocycles. The zero-order chi connectivity index (χ0) is 20.7. The summed E-state index contributed by atoms with van der Waals surface area (Å²) in [7, 11) is -3.96. The Bertz CT molecular complexity index is 989. The molecule has 1 aromatic carbocycles. The molecule has 148 valence electrons. The highest BCUT2D eigenvalue weighted by atomic mass is 32.2. The highest BCUT2D eigenvalue weighted by Gasteiger charge is 2.34. The van der Waals surface area contributed by atoms with Gasteiger partial charge in [0.15, 0.2) is 10.7 Å². The monoisotopic (exact) mass is 406 g/mol. The average Bonchev–Trinajstić information content (AvgIpc) is 3.17. The zero-order valence-corrected chi connectivity index (χ0v) is 16.1. The van der Waals surface area contributed by atoms with Crippen molar-refractivity contribution >= 4 is 16.0 Å². The molecular formula is C18H20N3O6S+. The molecule has 10 heteroatoms. The molecule has 9 nitrogen and oxygen atoms in total. The molecule has 0 aliphatic heterocycles. The van der Waals surface area contributed by atoms with Gasteiger partial charge in [-0.05, 0) is 38.1 Å². The van der Waals surface area contributed by atoms with Crippen molar-refractivity contribution in [2.24, 2.45) is 0 Å². The number of esters is 1. The molecule has 0 bridgehead atoms. The van der Waals surface area contributed by atoms with Gasteiger partial charge in [-0.3, -0.25) is 0 Å². The number of sulfonamides is 1. The van der Waals surface area contributed by atoms with E-state index in [4.69, 9.17) is 14.5 Å². The molecule has 2 rings (SSSR count). The molecule has 0 saturated heterocycles. The molecule has 0 amide bonds. The van der Waals surface area contributed by atoms with Gasteiger partial charge in [0.05, 0.1) is 23.8 Å². The second kappa shape index (κ2) is 9.16. The molecule has 0 saturated carbocycles. The van der Waals surface area contributed by atoms with Gasteiger partial charge < -0.3 is 14.3 Å². The van der Waals surface area contributed by atoms with Crippen molar-refractivity contribution in [2.45, 2.75) is 31.2 Å². The fraction of sp³-hybridized carbons (Fsp3) is 0.278. The van der Waals surface area contributed by atoms with Crippen molar-refractivity contribution in [3.8, 4) is 0 Å². The van der Waals surface area contributed by atoms with Crippen LogP contribution in [-0.4, -0.2) is 26.1 Å². The Labute approximate surface area is 162 Å². The minimum Gasteiger partial charge on any atom is -0.505 e. The molecule has 1 aromatic heterocycles. The topological polar surface area (TPSA) is 134 Å². The van der Waals surface area contributed by atoms with E-state index in [0.717, 1.165) is 5.56 Å². The summed E-state index contributed by atoms with van der Waals surface area (Å²) in [6.07, 6.45) is 0.933. The predicted molar refractivity (Wildman–Crippen MR) is 98.9 cm³/mol. The first-order chi connectivity index (χ1) is 13.3. The van der Waals surface area contributed by atoms with Crippen LogP contribution in [0, 0.1) is 12.3 Å². The Morgan fingerprint density at radius 2 is 2.00 bits per heavy atom. The predicted octanol–water partition coefficient (Wildman–Crippen LogP) is 3.18. The van der Waals surface area contributed by atoms with E-state index in [1.54, 1.807) is 25.1 Å². The number of aryl methyl sites for hydroxylation is 1. The van der Waals surface area contributed by atoms with Crippen LogP contribution in [0.15, 0.2) is 63.4 Å². The third-order valence-electron chi connectivity index (χ3n) is 3.75. The fourth-order valence-corrected chi connectivity index (χ4v) is 3.57. The first-order valence-electron chi connectivity index (χ1n) is 8.35. The summed E-state index contributed by atoms with van der Waals surface area (Å²) in [4.78, 5) is 14.5. The van der Waals surface area contributed by atoms with Crippen molar-refractivity contribution in [3.63, 3.8) is 0 Å². The maximum Gasteiger partial charge on any atom is 0.505 e. The minimum absolute atomic E-state index is 0.00675. The number of nitrogens with zero attached hydrogens (tertiary/aromatic N) is 2. The number of rotatable bonds is 8. The molecule has 1 atom stereocenters. The fourth-order valence-electron chi connectivity index (χ4n) is 2.37. The lowest BCUT2D eigenvalue weighted by Gasteiger charge is -2.16. The third-order valence-corrected chi connectivity index (χ3v) is 5.24. The van der Waals surface area contributed by atoms with Crippen molar-refractivity contribution in [1.29, 1.82) is 5.39 Å². The number of ether oxygens (including phenoxy) is 1. The van der Waals surface area contributed by atoms with Gasteiger partial charge in [-0.25, -0.2) is 13.2 Å². The first kappa shape index (κ1) is 21.1. The van der Waals surface area contributed by atoms with Gasteiger partial charge in [0.25, 0.3) is 0 Å². The van der Waals surface area contributed by atoms with Crippen molar-refractivity contribution in [3.05, 3.63) is 70.4 Å². The largest absolute Gasteiger partial charge is 0.505 e. The SMILES string of the molecule is CCOC(=O)/C([N+]#N)=C(\O)CC(NS(=O)(=O)c1ccc(C)cc1)c1ccco1. The van der Waals surface area contributed by atoms with E-state index in [1.165, 1.54) is 24.5 Å². The van der Waals surface area contributed by atoms with Gasteiger partial charge >= 0.3 is 11.7 Å². The third kappa shape index (κ3) is 5.18. The van der Waals surface area contributed by atoms with Crippen LogP contribution in [0.25, 0.3) is 4.98 Å². The van der Waals surface area contributed by atoms with Crippen LogP contribution in [0.4, 0.5) is 0 Å². The standard InChI is InChI=1S/C18H19N3O6S/c1-3-26-18(23)17(20-19)15(22)11-14(16-5-4-10-27-16)21-28(24,25)13-8-6-12(2)7-9-13/h4-10,14,21H,3,11H2,1-2H3/p+1. The van der Waals surface area contributed by atoms with E-state index in [-0.39, 0.29) is 17.3 Å². The van der Waals surface area contributed by atoms with Gasteiger partial charge in [0.2, 0.25) is 15.4 Å². The first-order valence-corrected chi connectivity index (χ1v) is 9.83. The highest BCUT2D eigenvalue weighted by molar-refractivity contribution is 7.89. The number of nitrogens with one attached hydrogen (secondary N) is 1. The number of aliphatic hydroxyl groups excluding tert-OH is 1. The van der Waals surface area contributed by atoms with E-state index in [1.807, 2.05) is 6.92 Å². The number of carbonyl (C=O) groups is 1. The van der Waals surface area contributed by atoms with E-state index in [2.05, 4.69) is 9.70 Å². The maximum absolute atomic E-state index is 12.7. The van der Waals surface area contributed by atoms with E-state index < -0.39 is 39.9 Å². The smallest absolute Gasteiger partial charge is 0.505 e. The molecule has 0 aliphatic rings. The molecular weight excluding hydrogens is 386 g/mol. The second-order valence-electron chi connectivity index (χ2n) is 5.82. The summed E-state index contributed by atoms with van der Waals surface area (Å²) in [5.74, 6) is -1.50. The molecule has 0 fully saturated rings. The van der Waals surface area contributed by atoms with Gasteiger partial charge in [-0.1, -0.05) is 17.7 Å². The summed E-state index contributed by atoms with van der Waals surface area (Å²) in [5.41, 5.74) is 0.179. The lowest BCUT2D eigenvalue weighted by molar-refractivity contribution is -0.138. The lowest BCUT2D eigenvalue weighted by Crippen LogP contribution is -2.29. The van der Waals surface area contributed by atoms with E-state index in [0.29, 0.717) is 0 Å². The Morgan fingerprint density at radius 3 is 2.54 bits per heavy atom.